The van der Waals surface area contributed by atoms with Crippen LogP contribution in [0.25, 0.3) is 0 Å². The van der Waals surface area contributed by atoms with Gasteiger partial charge in [0.05, 0.1) is 16.1 Å². The largest absolute Gasteiger partial charge is 0.456 e. The summed E-state index contributed by atoms with van der Waals surface area (Å²) >= 11 is 9.10. The molecule has 0 aliphatic heterocycles. The molecule has 0 radical (unpaired) electrons. The first-order chi connectivity index (χ1) is 12.0. The number of H-pyrrole nitrogens is 1. The topological polar surface area (TPSA) is 65.9 Å². The van der Waals surface area contributed by atoms with Gasteiger partial charge in [-0.15, -0.1) is 0 Å². The van der Waals surface area contributed by atoms with Gasteiger partial charge in [-0.3, -0.25) is 4.79 Å². The normalized spacial score (nSPS) is 9.52. The Labute approximate surface area is 158 Å². The number of ether oxygens (including phenoxy) is 1. The van der Waals surface area contributed by atoms with Crippen molar-refractivity contribution in [3.63, 3.8) is 0 Å². The van der Waals surface area contributed by atoms with Crippen LogP contribution in [0.15, 0.2) is 70.1 Å². The Balaban J connectivity index is 0.000000269. The molecular weight excluding hydrogens is 404 g/mol. The van der Waals surface area contributed by atoms with Crippen LogP contribution in [0, 0.1) is 18.3 Å². The molecule has 0 amide bonds. The number of aryl methyl sites for hydroxylation is 1. The molecule has 6 heteroatoms. The van der Waals surface area contributed by atoms with Gasteiger partial charge in [-0.2, -0.15) is 5.26 Å². The predicted molar refractivity (Wildman–Crippen MR) is 102 cm³/mol. The maximum Gasteiger partial charge on any atom is 0.251 e. The lowest BCUT2D eigenvalue weighted by Crippen LogP contribution is -2.03. The lowest BCUT2D eigenvalue weighted by molar-refractivity contribution is 0.478. The van der Waals surface area contributed by atoms with Crippen molar-refractivity contribution >= 4 is 27.5 Å². The van der Waals surface area contributed by atoms with Crippen LogP contribution < -0.4 is 10.3 Å². The Morgan fingerprint density at radius 3 is 2.48 bits per heavy atom. The van der Waals surface area contributed by atoms with E-state index in [1.54, 1.807) is 12.1 Å². The summed E-state index contributed by atoms with van der Waals surface area (Å²) < 4.78 is 6.11. The molecular formula is C19H14BrClN2O2. The van der Waals surface area contributed by atoms with Gasteiger partial charge >= 0.3 is 0 Å². The molecule has 0 spiro atoms. The predicted octanol–water partition coefficient (Wildman–Crippen LogP) is 5.45. The summed E-state index contributed by atoms with van der Waals surface area (Å²) in [6, 6.07) is 18.2. The van der Waals surface area contributed by atoms with E-state index in [-0.39, 0.29) is 5.56 Å². The number of aromatic amines is 1. The highest BCUT2D eigenvalue weighted by molar-refractivity contribution is 9.10. The van der Waals surface area contributed by atoms with Crippen LogP contribution in [0.3, 0.4) is 0 Å². The Morgan fingerprint density at radius 2 is 1.88 bits per heavy atom. The van der Waals surface area contributed by atoms with Crippen LogP contribution in [0.2, 0.25) is 5.02 Å². The number of rotatable bonds is 2. The first-order valence-electron chi connectivity index (χ1n) is 7.26. The van der Waals surface area contributed by atoms with Crippen LogP contribution in [0.4, 0.5) is 0 Å². The minimum Gasteiger partial charge on any atom is -0.456 e. The summed E-state index contributed by atoms with van der Waals surface area (Å²) in [6.07, 6.45) is 1.48. The quantitative estimate of drug-likeness (QED) is 0.603. The second kappa shape index (κ2) is 9.07. The van der Waals surface area contributed by atoms with Crippen molar-refractivity contribution in [2.75, 3.05) is 0 Å². The number of hydrogen-bond acceptors (Lipinski definition) is 3. The van der Waals surface area contributed by atoms with Gasteiger partial charge in [0.25, 0.3) is 5.56 Å². The third-order valence-electron chi connectivity index (χ3n) is 3.01. The first-order valence-corrected chi connectivity index (χ1v) is 8.43. The molecule has 0 bridgehead atoms. The van der Waals surface area contributed by atoms with Gasteiger partial charge in [-0.1, -0.05) is 47.5 Å². The maximum atomic E-state index is 11.2. The summed E-state index contributed by atoms with van der Waals surface area (Å²) in [7, 11) is 0. The van der Waals surface area contributed by atoms with Crippen LogP contribution in [0.1, 0.15) is 11.1 Å². The molecule has 0 saturated heterocycles. The van der Waals surface area contributed by atoms with Gasteiger partial charge in [0.1, 0.15) is 11.5 Å². The van der Waals surface area contributed by atoms with Crippen molar-refractivity contribution in [1.29, 1.82) is 5.26 Å². The standard InChI is InChI=1S/C12H6BrClN2O2.C7H8/c13-10-6-16-12(17)4-11(10)18-9-2-7(5-15)1-8(14)3-9;1-7-5-3-2-4-6-7/h1-4,6H,(H,16,17);2-6H,1H3. The van der Waals surface area contributed by atoms with Crippen molar-refractivity contribution < 1.29 is 4.74 Å². The second-order valence-electron chi connectivity index (χ2n) is 5.05. The molecule has 126 valence electrons. The van der Waals surface area contributed by atoms with Crippen LogP contribution in [-0.4, -0.2) is 4.98 Å². The molecule has 0 saturated carbocycles. The molecule has 4 nitrogen and oxygen atoms in total. The summed E-state index contributed by atoms with van der Waals surface area (Å²) in [5.41, 5.74) is 1.43. The van der Waals surface area contributed by atoms with Gasteiger partial charge in [0.2, 0.25) is 0 Å². The van der Waals surface area contributed by atoms with Gasteiger partial charge in [-0.25, -0.2) is 0 Å². The summed E-state index contributed by atoms with van der Waals surface area (Å²) in [4.78, 5) is 13.7. The second-order valence-corrected chi connectivity index (χ2v) is 6.34. The number of pyridine rings is 1. The van der Waals surface area contributed by atoms with Crippen LogP contribution in [-0.2, 0) is 0 Å². The van der Waals surface area contributed by atoms with E-state index in [1.165, 1.54) is 23.9 Å². The molecule has 0 atom stereocenters. The average Bonchev–Trinajstić information content (AvgIpc) is 2.59. The summed E-state index contributed by atoms with van der Waals surface area (Å²) in [5.74, 6) is 0.746. The molecule has 25 heavy (non-hydrogen) atoms. The van der Waals surface area contributed by atoms with E-state index in [2.05, 4.69) is 40.0 Å². The van der Waals surface area contributed by atoms with Crippen molar-refractivity contribution in [1.82, 2.24) is 4.98 Å². The molecule has 0 aliphatic carbocycles. The Hall–Kier alpha value is -2.55. The minimum absolute atomic E-state index is 0.282. The highest BCUT2D eigenvalue weighted by Gasteiger charge is 2.06. The molecule has 3 rings (SSSR count). The molecule has 1 heterocycles. The number of nitrogens with zero attached hydrogens (tertiary/aromatic N) is 1. The van der Waals surface area contributed by atoms with E-state index in [4.69, 9.17) is 21.6 Å². The van der Waals surface area contributed by atoms with Gasteiger partial charge < -0.3 is 9.72 Å². The third kappa shape index (κ3) is 6.11. The van der Waals surface area contributed by atoms with Crippen LogP contribution in [0.5, 0.6) is 11.5 Å². The zero-order chi connectivity index (χ0) is 18.2. The maximum absolute atomic E-state index is 11.2. The van der Waals surface area contributed by atoms with E-state index in [0.29, 0.717) is 26.6 Å². The van der Waals surface area contributed by atoms with Crippen molar-refractivity contribution in [2.45, 2.75) is 6.92 Å². The van der Waals surface area contributed by atoms with Gasteiger partial charge in [0.15, 0.2) is 0 Å². The average molecular weight is 418 g/mol. The summed E-state index contributed by atoms with van der Waals surface area (Å²) in [6.45, 7) is 2.08. The van der Waals surface area contributed by atoms with Crippen molar-refractivity contribution in [3.8, 4) is 17.6 Å². The zero-order valence-corrected chi connectivity index (χ0v) is 15.6. The van der Waals surface area contributed by atoms with E-state index < -0.39 is 0 Å². The number of halogens is 2. The van der Waals surface area contributed by atoms with E-state index in [9.17, 15) is 4.79 Å². The molecule has 0 fully saturated rings. The molecule has 0 aliphatic rings. The Morgan fingerprint density at radius 1 is 1.16 bits per heavy atom. The summed E-state index contributed by atoms with van der Waals surface area (Å²) in [5, 5.41) is 9.22. The fraction of sp³-hybridized carbons (Fsp3) is 0.0526. The fourth-order valence-corrected chi connectivity index (χ4v) is 2.40. The molecule has 1 aromatic heterocycles. The van der Waals surface area contributed by atoms with Gasteiger partial charge in [0, 0.05) is 17.3 Å². The lowest BCUT2D eigenvalue weighted by Gasteiger charge is -2.07. The van der Waals surface area contributed by atoms with Gasteiger partial charge in [-0.05, 0) is 41.1 Å². The highest BCUT2D eigenvalue weighted by atomic mass is 79.9. The third-order valence-corrected chi connectivity index (χ3v) is 3.85. The highest BCUT2D eigenvalue weighted by Crippen LogP contribution is 2.29. The van der Waals surface area contributed by atoms with E-state index in [1.807, 2.05) is 24.3 Å². The minimum atomic E-state index is -0.282. The van der Waals surface area contributed by atoms with Crippen LogP contribution >= 0.6 is 27.5 Å². The Kier molecular flexibility index (Phi) is 6.81. The molecule has 0 unspecified atom stereocenters. The molecule has 2 aromatic carbocycles. The number of benzene rings is 2. The van der Waals surface area contributed by atoms with Crippen molar-refractivity contribution in [2.24, 2.45) is 0 Å². The number of aromatic nitrogens is 1. The number of hydrogen-bond donors (Lipinski definition) is 1. The smallest absolute Gasteiger partial charge is 0.251 e. The number of nitriles is 1. The SMILES string of the molecule is Cc1ccccc1.N#Cc1cc(Cl)cc(Oc2cc(=O)[nH]cc2Br)c1. The van der Waals surface area contributed by atoms with Crippen molar-refractivity contribution in [3.05, 3.63) is 91.8 Å². The molecule has 3 aromatic rings. The lowest BCUT2D eigenvalue weighted by atomic mass is 10.2. The van der Waals surface area contributed by atoms with E-state index >= 15 is 0 Å². The fourth-order valence-electron chi connectivity index (χ4n) is 1.86. The monoisotopic (exact) mass is 416 g/mol. The number of nitrogens with one attached hydrogen (secondary N) is 1. The first kappa shape index (κ1) is 18.8. The molecule has 1 N–H and O–H groups in total. The zero-order valence-electron chi connectivity index (χ0n) is 13.3. The van der Waals surface area contributed by atoms with E-state index in [0.717, 1.165) is 0 Å². The Bertz CT molecular complexity index is 950.